The third-order valence-corrected chi connectivity index (χ3v) is 4.91. The molecule has 1 amide bonds. The number of amides is 1. The number of nitrogens with zero attached hydrogens (tertiary/aromatic N) is 4. The molecule has 0 atom stereocenters. The number of hydrogen-bond acceptors (Lipinski definition) is 5. The van der Waals surface area contributed by atoms with Crippen molar-refractivity contribution in [2.24, 2.45) is 0 Å². The Morgan fingerprint density at radius 1 is 1.00 bits per heavy atom. The zero-order valence-corrected chi connectivity index (χ0v) is 15.5. The highest BCUT2D eigenvalue weighted by Gasteiger charge is 2.22. The van der Waals surface area contributed by atoms with E-state index in [2.05, 4.69) is 9.88 Å². The molecule has 1 aliphatic rings. The Balaban J connectivity index is 1.54. The van der Waals surface area contributed by atoms with Crippen LogP contribution in [0.4, 0.5) is 0 Å². The van der Waals surface area contributed by atoms with Crippen LogP contribution in [-0.4, -0.2) is 64.4 Å². The Morgan fingerprint density at radius 2 is 1.71 bits per heavy atom. The highest BCUT2D eigenvalue weighted by Crippen LogP contribution is 2.18. The summed E-state index contributed by atoms with van der Waals surface area (Å²) in [6, 6.07) is 17.1. The summed E-state index contributed by atoms with van der Waals surface area (Å²) in [7, 11) is 0. The van der Waals surface area contributed by atoms with Gasteiger partial charge >= 0.3 is 0 Å². The molecule has 144 valence electrons. The van der Waals surface area contributed by atoms with E-state index in [1.807, 2.05) is 54.6 Å². The largest absolute Gasteiger partial charge is 0.486 e. The SMILES string of the molecule is O=CN1CCN(CC(=O)n2c(COc3ccccc3)nc3ccccc32)CC1. The molecule has 1 saturated heterocycles. The number of benzene rings is 2. The molecule has 2 aromatic carbocycles. The predicted molar refractivity (Wildman–Crippen MR) is 105 cm³/mol. The number of carbonyl (C=O) groups is 2. The number of aromatic nitrogens is 2. The maximum Gasteiger partial charge on any atom is 0.246 e. The molecule has 0 bridgehead atoms. The molecule has 4 rings (SSSR count). The molecule has 1 aliphatic heterocycles. The fourth-order valence-electron chi connectivity index (χ4n) is 3.40. The predicted octanol–water partition coefficient (Wildman–Crippen LogP) is 2.03. The molecule has 0 saturated carbocycles. The molecule has 0 spiro atoms. The van der Waals surface area contributed by atoms with Crippen molar-refractivity contribution in [2.45, 2.75) is 6.61 Å². The van der Waals surface area contributed by atoms with Crippen molar-refractivity contribution in [1.29, 1.82) is 0 Å². The number of ether oxygens (including phenoxy) is 1. The third-order valence-electron chi connectivity index (χ3n) is 4.91. The topological polar surface area (TPSA) is 67.7 Å². The van der Waals surface area contributed by atoms with Crippen LogP contribution in [-0.2, 0) is 11.4 Å². The van der Waals surface area contributed by atoms with Crippen LogP contribution in [0.2, 0.25) is 0 Å². The van der Waals surface area contributed by atoms with Gasteiger partial charge in [0.05, 0.1) is 17.6 Å². The number of rotatable bonds is 6. The minimum atomic E-state index is -0.0417. The molecule has 0 aliphatic carbocycles. The van der Waals surface area contributed by atoms with Crippen molar-refractivity contribution in [3.63, 3.8) is 0 Å². The molecule has 1 aromatic heterocycles. The summed E-state index contributed by atoms with van der Waals surface area (Å²) in [4.78, 5) is 32.4. The van der Waals surface area contributed by atoms with Crippen molar-refractivity contribution >= 4 is 23.4 Å². The lowest BCUT2D eigenvalue weighted by Crippen LogP contribution is -2.47. The van der Waals surface area contributed by atoms with E-state index in [1.165, 1.54) is 0 Å². The molecule has 2 heterocycles. The van der Waals surface area contributed by atoms with Gasteiger partial charge in [0.15, 0.2) is 5.82 Å². The van der Waals surface area contributed by atoms with E-state index in [1.54, 1.807) is 9.47 Å². The summed E-state index contributed by atoms with van der Waals surface area (Å²) >= 11 is 0. The Bertz CT molecular complexity index is 962. The summed E-state index contributed by atoms with van der Waals surface area (Å²) in [5.74, 6) is 1.28. The van der Waals surface area contributed by atoms with Crippen LogP contribution < -0.4 is 4.74 Å². The van der Waals surface area contributed by atoms with E-state index in [4.69, 9.17) is 4.74 Å². The molecule has 28 heavy (non-hydrogen) atoms. The van der Waals surface area contributed by atoms with E-state index in [-0.39, 0.29) is 19.1 Å². The molecule has 0 N–H and O–H groups in total. The van der Waals surface area contributed by atoms with Gasteiger partial charge in [-0.05, 0) is 24.3 Å². The van der Waals surface area contributed by atoms with Crippen LogP contribution in [0.5, 0.6) is 5.75 Å². The van der Waals surface area contributed by atoms with E-state index in [0.717, 1.165) is 23.2 Å². The van der Waals surface area contributed by atoms with Crippen molar-refractivity contribution in [1.82, 2.24) is 19.4 Å². The van der Waals surface area contributed by atoms with Crippen LogP contribution in [0.15, 0.2) is 54.6 Å². The lowest BCUT2D eigenvalue weighted by Gasteiger charge is -2.32. The fraction of sp³-hybridized carbons (Fsp3) is 0.286. The van der Waals surface area contributed by atoms with Crippen molar-refractivity contribution in [3.05, 3.63) is 60.4 Å². The summed E-state index contributed by atoms with van der Waals surface area (Å²) < 4.78 is 7.49. The Labute approximate surface area is 163 Å². The lowest BCUT2D eigenvalue weighted by atomic mass is 10.3. The maximum absolute atomic E-state index is 13.1. The van der Waals surface area contributed by atoms with Gasteiger partial charge in [0.25, 0.3) is 0 Å². The van der Waals surface area contributed by atoms with Crippen LogP contribution in [0.3, 0.4) is 0 Å². The maximum atomic E-state index is 13.1. The van der Waals surface area contributed by atoms with E-state index in [9.17, 15) is 9.59 Å². The number of imidazole rings is 1. The number of fused-ring (bicyclic) bond motifs is 1. The molecule has 7 nitrogen and oxygen atoms in total. The van der Waals surface area contributed by atoms with E-state index >= 15 is 0 Å². The highest BCUT2D eigenvalue weighted by molar-refractivity contribution is 5.92. The number of carbonyl (C=O) groups excluding carboxylic acids is 2. The van der Waals surface area contributed by atoms with Gasteiger partial charge in [0, 0.05) is 26.2 Å². The Hall–Kier alpha value is -3.19. The molecule has 7 heteroatoms. The Morgan fingerprint density at radius 3 is 2.46 bits per heavy atom. The summed E-state index contributed by atoms with van der Waals surface area (Å²) in [6.45, 7) is 3.16. The monoisotopic (exact) mass is 378 g/mol. The average molecular weight is 378 g/mol. The van der Waals surface area contributed by atoms with Gasteiger partial charge in [-0.3, -0.25) is 19.1 Å². The standard InChI is InChI=1S/C21H22N4O3/c26-16-24-12-10-23(11-13-24)14-21(27)25-19-9-5-4-8-18(19)22-20(25)15-28-17-6-2-1-3-7-17/h1-9,16H,10-15H2. The first-order valence-electron chi connectivity index (χ1n) is 9.34. The van der Waals surface area contributed by atoms with Gasteiger partial charge in [0.1, 0.15) is 12.4 Å². The minimum Gasteiger partial charge on any atom is -0.486 e. The molecule has 1 fully saturated rings. The first kappa shape index (κ1) is 18.2. The van der Waals surface area contributed by atoms with Crippen LogP contribution in [0.25, 0.3) is 11.0 Å². The zero-order chi connectivity index (χ0) is 19.3. The smallest absolute Gasteiger partial charge is 0.246 e. The molecule has 0 radical (unpaired) electrons. The molecular formula is C21H22N4O3. The van der Waals surface area contributed by atoms with Crippen molar-refractivity contribution < 1.29 is 14.3 Å². The number of para-hydroxylation sites is 3. The highest BCUT2D eigenvalue weighted by atomic mass is 16.5. The summed E-state index contributed by atoms with van der Waals surface area (Å²) in [6.07, 6.45) is 0.863. The van der Waals surface area contributed by atoms with Gasteiger partial charge in [-0.25, -0.2) is 4.98 Å². The first-order chi connectivity index (χ1) is 13.7. The lowest BCUT2D eigenvalue weighted by molar-refractivity contribution is -0.119. The average Bonchev–Trinajstić information content (AvgIpc) is 3.12. The zero-order valence-electron chi connectivity index (χ0n) is 15.5. The van der Waals surface area contributed by atoms with Gasteiger partial charge in [-0.2, -0.15) is 0 Å². The fourth-order valence-corrected chi connectivity index (χ4v) is 3.40. The molecular weight excluding hydrogens is 356 g/mol. The second-order valence-corrected chi connectivity index (χ2v) is 6.77. The first-order valence-corrected chi connectivity index (χ1v) is 9.34. The second kappa shape index (κ2) is 8.22. The summed E-state index contributed by atoms with van der Waals surface area (Å²) in [5.41, 5.74) is 1.55. The van der Waals surface area contributed by atoms with Crippen molar-refractivity contribution in [2.75, 3.05) is 32.7 Å². The van der Waals surface area contributed by atoms with Gasteiger partial charge in [0.2, 0.25) is 12.3 Å². The molecule has 0 unspecified atom stereocenters. The van der Waals surface area contributed by atoms with E-state index < -0.39 is 0 Å². The van der Waals surface area contributed by atoms with Gasteiger partial charge in [-0.1, -0.05) is 30.3 Å². The van der Waals surface area contributed by atoms with Crippen molar-refractivity contribution in [3.8, 4) is 5.75 Å². The van der Waals surface area contributed by atoms with Crippen LogP contribution in [0, 0.1) is 0 Å². The normalized spacial score (nSPS) is 14.9. The summed E-state index contributed by atoms with van der Waals surface area (Å²) in [5, 5.41) is 0. The quantitative estimate of drug-likeness (QED) is 0.614. The van der Waals surface area contributed by atoms with Gasteiger partial charge in [-0.15, -0.1) is 0 Å². The number of piperazine rings is 1. The third kappa shape index (κ3) is 3.89. The minimum absolute atomic E-state index is 0.0417. The molecule has 3 aromatic rings. The van der Waals surface area contributed by atoms with E-state index in [0.29, 0.717) is 32.0 Å². The second-order valence-electron chi connectivity index (χ2n) is 6.77. The number of hydrogen-bond donors (Lipinski definition) is 0. The van der Waals surface area contributed by atoms with Crippen LogP contribution >= 0.6 is 0 Å². The van der Waals surface area contributed by atoms with Gasteiger partial charge < -0.3 is 9.64 Å². The Kier molecular flexibility index (Phi) is 5.34. The van der Waals surface area contributed by atoms with Crippen LogP contribution in [0.1, 0.15) is 10.6 Å².